The Morgan fingerprint density at radius 3 is 2.83 bits per heavy atom. The van der Waals surface area contributed by atoms with Crippen LogP contribution in [-0.2, 0) is 0 Å². The Bertz CT molecular complexity index is 541. The first kappa shape index (κ1) is 11.5. The molecule has 0 spiro atoms. The minimum absolute atomic E-state index is 0.542. The van der Waals surface area contributed by atoms with E-state index in [4.69, 9.17) is 0 Å². The van der Waals surface area contributed by atoms with Gasteiger partial charge in [-0.15, -0.1) is 0 Å². The Balaban J connectivity index is 1.79. The lowest BCUT2D eigenvalue weighted by Crippen LogP contribution is -2.16. The molecule has 1 aliphatic rings. The Hall–Kier alpha value is -1.64. The molecule has 94 valence electrons. The van der Waals surface area contributed by atoms with Crippen molar-refractivity contribution in [3.05, 3.63) is 30.6 Å². The number of nitrogens with one attached hydrogen (secondary N) is 1. The Labute approximate surface area is 108 Å². The summed E-state index contributed by atoms with van der Waals surface area (Å²) >= 11 is 0. The molecule has 3 heteroatoms. The number of para-hydroxylation sites is 1. The van der Waals surface area contributed by atoms with Crippen LogP contribution in [0.3, 0.4) is 0 Å². The molecule has 18 heavy (non-hydrogen) atoms. The summed E-state index contributed by atoms with van der Waals surface area (Å²) in [4.78, 5) is 8.66. The molecule has 0 bridgehead atoms. The van der Waals surface area contributed by atoms with Crippen molar-refractivity contribution in [1.82, 2.24) is 9.97 Å². The van der Waals surface area contributed by atoms with Gasteiger partial charge in [0, 0.05) is 11.9 Å². The number of hydrogen-bond donors (Lipinski definition) is 1. The van der Waals surface area contributed by atoms with Crippen molar-refractivity contribution in [2.24, 2.45) is 5.41 Å². The Kier molecular flexibility index (Phi) is 2.90. The highest BCUT2D eigenvalue weighted by Gasteiger charge is 2.41. The third-order valence-electron chi connectivity index (χ3n) is 3.91. The van der Waals surface area contributed by atoms with Crippen LogP contribution in [0, 0.1) is 5.41 Å². The van der Waals surface area contributed by atoms with Gasteiger partial charge in [0.25, 0.3) is 0 Å². The standard InChI is InChI=1S/C15H19N3/c1-2-7-15(8-9-15)10-16-14-12-5-3-4-6-13(12)17-11-18-14/h3-6,11H,2,7-10H2,1H3,(H,16,17,18). The first-order valence-corrected chi connectivity index (χ1v) is 6.77. The second-order valence-corrected chi connectivity index (χ2v) is 5.34. The molecule has 1 heterocycles. The van der Waals surface area contributed by atoms with Crippen LogP contribution in [0.2, 0.25) is 0 Å². The molecule has 0 unspecified atom stereocenters. The fourth-order valence-electron chi connectivity index (χ4n) is 2.64. The smallest absolute Gasteiger partial charge is 0.137 e. The molecule has 0 saturated heterocycles. The number of benzene rings is 1. The summed E-state index contributed by atoms with van der Waals surface area (Å²) in [7, 11) is 0. The van der Waals surface area contributed by atoms with Gasteiger partial charge in [0.05, 0.1) is 5.52 Å². The van der Waals surface area contributed by atoms with Gasteiger partial charge in [-0.1, -0.05) is 25.5 Å². The van der Waals surface area contributed by atoms with Gasteiger partial charge in [-0.3, -0.25) is 0 Å². The van der Waals surface area contributed by atoms with Gasteiger partial charge in [-0.25, -0.2) is 9.97 Å². The molecule has 1 N–H and O–H groups in total. The maximum absolute atomic E-state index is 4.38. The molecule has 0 atom stereocenters. The molecule has 3 nitrogen and oxygen atoms in total. The van der Waals surface area contributed by atoms with Crippen LogP contribution in [0.1, 0.15) is 32.6 Å². The lowest BCUT2D eigenvalue weighted by molar-refractivity contribution is 0.485. The van der Waals surface area contributed by atoms with Crippen molar-refractivity contribution in [2.45, 2.75) is 32.6 Å². The highest BCUT2D eigenvalue weighted by atomic mass is 15.0. The van der Waals surface area contributed by atoms with Gasteiger partial charge in [0.15, 0.2) is 0 Å². The summed E-state index contributed by atoms with van der Waals surface area (Å²) < 4.78 is 0. The van der Waals surface area contributed by atoms with Gasteiger partial charge in [-0.2, -0.15) is 0 Å². The monoisotopic (exact) mass is 241 g/mol. The molecule has 1 fully saturated rings. The summed E-state index contributed by atoms with van der Waals surface area (Å²) in [5.41, 5.74) is 1.55. The van der Waals surface area contributed by atoms with Gasteiger partial charge < -0.3 is 5.32 Å². The first-order valence-electron chi connectivity index (χ1n) is 6.77. The molecule has 1 saturated carbocycles. The summed E-state index contributed by atoms with van der Waals surface area (Å²) in [6, 6.07) is 8.16. The molecule has 1 aromatic carbocycles. The molecule has 3 rings (SSSR count). The van der Waals surface area contributed by atoms with E-state index in [0.29, 0.717) is 5.41 Å². The van der Waals surface area contributed by atoms with E-state index >= 15 is 0 Å². The quantitative estimate of drug-likeness (QED) is 0.868. The van der Waals surface area contributed by atoms with Gasteiger partial charge in [0.1, 0.15) is 12.1 Å². The number of aromatic nitrogens is 2. The number of fused-ring (bicyclic) bond motifs is 1. The summed E-state index contributed by atoms with van der Waals surface area (Å²) in [6.07, 6.45) is 6.95. The average Bonchev–Trinajstić information content (AvgIpc) is 3.17. The van der Waals surface area contributed by atoms with E-state index in [2.05, 4.69) is 28.3 Å². The topological polar surface area (TPSA) is 37.8 Å². The van der Waals surface area contributed by atoms with E-state index in [0.717, 1.165) is 23.3 Å². The highest BCUT2D eigenvalue weighted by molar-refractivity contribution is 5.88. The fraction of sp³-hybridized carbons (Fsp3) is 0.467. The summed E-state index contributed by atoms with van der Waals surface area (Å²) in [6.45, 7) is 3.31. The molecule has 2 aromatic rings. The zero-order valence-corrected chi connectivity index (χ0v) is 10.8. The lowest BCUT2D eigenvalue weighted by Gasteiger charge is -2.16. The largest absolute Gasteiger partial charge is 0.369 e. The zero-order valence-electron chi connectivity index (χ0n) is 10.8. The van der Waals surface area contributed by atoms with Crippen molar-refractivity contribution in [2.75, 3.05) is 11.9 Å². The molecular formula is C15H19N3. The number of rotatable bonds is 5. The van der Waals surface area contributed by atoms with E-state index in [1.165, 1.54) is 25.7 Å². The van der Waals surface area contributed by atoms with E-state index in [1.54, 1.807) is 6.33 Å². The second-order valence-electron chi connectivity index (χ2n) is 5.34. The minimum Gasteiger partial charge on any atom is -0.369 e. The van der Waals surface area contributed by atoms with E-state index < -0.39 is 0 Å². The van der Waals surface area contributed by atoms with Crippen molar-refractivity contribution < 1.29 is 0 Å². The molecule has 0 amide bonds. The van der Waals surface area contributed by atoms with Crippen molar-refractivity contribution in [1.29, 1.82) is 0 Å². The lowest BCUT2D eigenvalue weighted by atomic mass is 10.0. The van der Waals surface area contributed by atoms with Crippen LogP contribution in [0.15, 0.2) is 30.6 Å². The minimum atomic E-state index is 0.542. The molecule has 1 aliphatic carbocycles. The van der Waals surface area contributed by atoms with Crippen LogP contribution in [0.25, 0.3) is 10.9 Å². The maximum Gasteiger partial charge on any atom is 0.137 e. The normalized spacial score (nSPS) is 16.7. The average molecular weight is 241 g/mol. The van der Waals surface area contributed by atoms with Crippen LogP contribution < -0.4 is 5.32 Å². The number of anilines is 1. The van der Waals surface area contributed by atoms with Crippen LogP contribution in [0.5, 0.6) is 0 Å². The number of hydrogen-bond acceptors (Lipinski definition) is 3. The third kappa shape index (κ3) is 2.17. The first-order chi connectivity index (χ1) is 8.83. The summed E-state index contributed by atoms with van der Waals surface area (Å²) in [5, 5.41) is 4.64. The van der Waals surface area contributed by atoms with Gasteiger partial charge >= 0.3 is 0 Å². The van der Waals surface area contributed by atoms with Crippen LogP contribution >= 0.6 is 0 Å². The molecular weight excluding hydrogens is 222 g/mol. The third-order valence-corrected chi connectivity index (χ3v) is 3.91. The summed E-state index contributed by atoms with van der Waals surface area (Å²) in [5.74, 6) is 0.975. The second kappa shape index (κ2) is 4.56. The predicted molar refractivity (Wildman–Crippen MR) is 74.6 cm³/mol. The van der Waals surface area contributed by atoms with Crippen molar-refractivity contribution in [3.8, 4) is 0 Å². The predicted octanol–water partition coefficient (Wildman–Crippen LogP) is 3.62. The molecule has 0 radical (unpaired) electrons. The fourth-order valence-corrected chi connectivity index (χ4v) is 2.64. The SMILES string of the molecule is CCCC1(CNc2ncnc3ccccc23)CC1. The molecule has 0 aliphatic heterocycles. The maximum atomic E-state index is 4.38. The van der Waals surface area contributed by atoms with Crippen LogP contribution in [0.4, 0.5) is 5.82 Å². The zero-order chi connectivity index (χ0) is 12.4. The van der Waals surface area contributed by atoms with Gasteiger partial charge in [0.2, 0.25) is 0 Å². The van der Waals surface area contributed by atoms with Crippen molar-refractivity contribution in [3.63, 3.8) is 0 Å². The van der Waals surface area contributed by atoms with E-state index in [9.17, 15) is 0 Å². The van der Waals surface area contributed by atoms with E-state index in [1.807, 2.05) is 18.2 Å². The van der Waals surface area contributed by atoms with Crippen molar-refractivity contribution >= 4 is 16.7 Å². The Morgan fingerprint density at radius 2 is 2.06 bits per heavy atom. The van der Waals surface area contributed by atoms with Gasteiger partial charge in [-0.05, 0) is 36.8 Å². The molecule has 1 aromatic heterocycles. The van der Waals surface area contributed by atoms with Crippen LogP contribution in [-0.4, -0.2) is 16.5 Å². The number of nitrogens with zero attached hydrogens (tertiary/aromatic N) is 2. The Morgan fingerprint density at radius 1 is 1.22 bits per heavy atom. The van der Waals surface area contributed by atoms with E-state index in [-0.39, 0.29) is 0 Å². The highest BCUT2D eigenvalue weighted by Crippen LogP contribution is 2.49.